The van der Waals surface area contributed by atoms with E-state index in [1.807, 2.05) is 55.5 Å². The molecule has 1 aliphatic rings. The first-order valence-electron chi connectivity index (χ1n) is 9.11. The van der Waals surface area contributed by atoms with Crippen LogP contribution in [0.1, 0.15) is 18.9 Å². The summed E-state index contributed by atoms with van der Waals surface area (Å²) in [6.07, 6.45) is 1.70. The third-order valence-electron chi connectivity index (χ3n) is 4.44. The van der Waals surface area contributed by atoms with Crippen LogP contribution in [0.15, 0.2) is 53.6 Å². The highest BCUT2D eigenvalue weighted by molar-refractivity contribution is 6.00. The molecule has 0 saturated carbocycles. The van der Waals surface area contributed by atoms with E-state index in [0.29, 0.717) is 18.9 Å². The van der Waals surface area contributed by atoms with Gasteiger partial charge in [0.15, 0.2) is 0 Å². The van der Waals surface area contributed by atoms with Crippen LogP contribution < -0.4 is 19.8 Å². The standard InChI is InChI=1S/C21H23N3O4/c1-3-28-18-9-7-17(8-10-18)24-14-16(12-20(24)25)21(26)23-22-13-15-5-4-6-19(11-15)27-2/h4-11,13,16H,3,12,14H2,1-2H3,(H,23,26)/b22-13-/t16-/m1/s1. The van der Waals surface area contributed by atoms with Crippen molar-refractivity contribution in [1.82, 2.24) is 5.43 Å². The first-order chi connectivity index (χ1) is 13.6. The molecule has 1 fully saturated rings. The van der Waals surface area contributed by atoms with E-state index < -0.39 is 5.92 Å². The Balaban J connectivity index is 1.57. The van der Waals surface area contributed by atoms with Gasteiger partial charge in [0.05, 0.1) is 25.8 Å². The zero-order valence-corrected chi connectivity index (χ0v) is 15.9. The molecule has 0 aromatic heterocycles. The van der Waals surface area contributed by atoms with Crippen molar-refractivity contribution < 1.29 is 19.1 Å². The fraction of sp³-hybridized carbons (Fsp3) is 0.286. The Kier molecular flexibility index (Phi) is 6.26. The van der Waals surface area contributed by atoms with Crippen LogP contribution in [0.25, 0.3) is 0 Å². The third kappa shape index (κ3) is 4.68. The molecule has 0 aliphatic carbocycles. The van der Waals surface area contributed by atoms with Crippen LogP contribution in [0.2, 0.25) is 0 Å². The van der Waals surface area contributed by atoms with Crippen LogP contribution in [-0.2, 0) is 9.59 Å². The second-order valence-electron chi connectivity index (χ2n) is 6.34. The zero-order valence-electron chi connectivity index (χ0n) is 15.9. The van der Waals surface area contributed by atoms with E-state index in [2.05, 4.69) is 10.5 Å². The fourth-order valence-corrected chi connectivity index (χ4v) is 3.01. The van der Waals surface area contributed by atoms with Crippen molar-refractivity contribution in [3.63, 3.8) is 0 Å². The minimum absolute atomic E-state index is 0.0823. The number of amides is 2. The highest BCUT2D eigenvalue weighted by atomic mass is 16.5. The maximum absolute atomic E-state index is 12.4. The van der Waals surface area contributed by atoms with Crippen molar-refractivity contribution in [3.05, 3.63) is 54.1 Å². The molecule has 0 unspecified atom stereocenters. The van der Waals surface area contributed by atoms with Crippen LogP contribution >= 0.6 is 0 Å². The normalized spacial score (nSPS) is 16.4. The molecule has 7 nitrogen and oxygen atoms in total. The maximum Gasteiger partial charge on any atom is 0.245 e. The Hall–Kier alpha value is -3.35. The predicted octanol–water partition coefficient (Wildman–Crippen LogP) is 2.60. The minimum Gasteiger partial charge on any atom is -0.497 e. The monoisotopic (exact) mass is 381 g/mol. The quantitative estimate of drug-likeness (QED) is 0.591. The van der Waals surface area contributed by atoms with Crippen molar-refractivity contribution in [2.24, 2.45) is 11.0 Å². The van der Waals surface area contributed by atoms with Crippen LogP contribution in [0, 0.1) is 5.92 Å². The van der Waals surface area contributed by atoms with E-state index >= 15 is 0 Å². The van der Waals surface area contributed by atoms with E-state index in [4.69, 9.17) is 9.47 Å². The lowest BCUT2D eigenvalue weighted by Crippen LogP contribution is -2.30. The molecule has 1 heterocycles. The molecule has 7 heteroatoms. The number of benzene rings is 2. The van der Waals surface area contributed by atoms with Crippen molar-refractivity contribution in [2.45, 2.75) is 13.3 Å². The highest BCUT2D eigenvalue weighted by Gasteiger charge is 2.35. The van der Waals surface area contributed by atoms with Gasteiger partial charge in [0.1, 0.15) is 11.5 Å². The first kappa shape index (κ1) is 19.4. The van der Waals surface area contributed by atoms with Gasteiger partial charge in [-0.1, -0.05) is 12.1 Å². The zero-order chi connectivity index (χ0) is 19.9. The molecule has 1 aliphatic heterocycles. The van der Waals surface area contributed by atoms with Gasteiger partial charge in [0, 0.05) is 18.7 Å². The number of hydrazone groups is 1. The summed E-state index contributed by atoms with van der Waals surface area (Å²) in [7, 11) is 1.59. The number of hydrogen-bond acceptors (Lipinski definition) is 5. The highest BCUT2D eigenvalue weighted by Crippen LogP contribution is 2.27. The van der Waals surface area contributed by atoms with E-state index in [1.54, 1.807) is 18.2 Å². The Morgan fingerprint density at radius 2 is 2.04 bits per heavy atom. The van der Waals surface area contributed by atoms with Gasteiger partial charge in [0.25, 0.3) is 0 Å². The topological polar surface area (TPSA) is 80.2 Å². The Morgan fingerprint density at radius 3 is 2.75 bits per heavy atom. The van der Waals surface area contributed by atoms with Gasteiger partial charge in [-0.25, -0.2) is 5.43 Å². The minimum atomic E-state index is -0.443. The fourth-order valence-electron chi connectivity index (χ4n) is 3.01. The number of ether oxygens (including phenoxy) is 2. The predicted molar refractivity (Wildman–Crippen MR) is 107 cm³/mol. The molecule has 0 bridgehead atoms. The SMILES string of the molecule is CCOc1ccc(N2C[C@H](C(=O)N/N=C\c3cccc(OC)c3)CC2=O)cc1. The summed E-state index contributed by atoms with van der Waals surface area (Å²) in [6.45, 7) is 2.83. The molecule has 0 radical (unpaired) electrons. The Morgan fingerprint density at radius 1 is 1.25 bits per heavy atom. The lowest BCUT2D eigenvalue weighted by atomic mass is 10.1. The molecule has 28 heavy (non-hydrogen) atoms. The molecule has 1 saturated heterocycles. The largest absolute Gasteiger partial charge is 0.497 e. The average Bonchev–Trinajstić information content (AvgIpc) is 3.11. The van der Waals surface area contributed by atoms with Gasteiger partial charge >= 0.3 is 0 Å². The molecule has 2 aromatic carbocycles. The molecule has 1 N–H and O–H groups in total. The second kappa shape index (κ2) is 9.03. The van der Waals surface area contributed by atoms with Crippen molar-refractivity contribution in [1.29, 1.82) is 0 Å². The van der Waals surface area contributed by atoms with Crippen LogP contribution in [0.5, 0.6) is 11.5 Å². The summed E-state index contributed by atoms with van der Waals surface area (Å²) >= 11 is 0. The number of rotatable bonds is 7. The number of anilines is 1. The van der Waals surface area contributed by atoms with E-state index in [-0.39, 0.29) is 18.2 Å². The summed E-state index contributed by atoms with van der Waals surface area (Å²) in [5, 5.41) is 3.99. The summed E-state index contributed by atoms with van der Waals surface area (Å²) in [4.78, 5) is 26.3. The van der Waals surface area contributed by atoms with Gasteiger partial charge < -0.3 is 14.4 Å². The lowest BCUT2D eigenvalue weighted by Gasteiger charge is -2.17. The number of methoxy groups -OCH3 is 1. The van der Waals surface area contributed by atoms with Crippen LogP contribution in [-0.4, -0.2) is 38.3 Å². The van der Waals surface area contributed by atoms with Gasteiger partial charge in [0.2, 0.25) is 11.8 Å². The summed E-state index contributed by atoms with van der Waals surface area (Å²) < 4.78 is 10.6. The van der Waals surface area contributed by atoms with Gasteiger partial charge in [-0.2, -0.15) is 5.10 Å². The van der Waals surface area contributed by atoms with Crippen molar-refractivity contribution in [3.8, 4) is 11.5 Å². The average molecular weight is 381 g/mol. The second-order valence-corrected chi connectivity index (χ2v) is 6.34. The van der Waals surface area contributed by atoms with E-state index in [1.165, 1.54) is 0 Å². The lowest BCUT2D eigenvalue weighted by molar-refractivity contribution is -0.126. The van der Waals surface area contributed by atoms with Crippen LogP contribution in [0.3, 0.4) is 0 Å². The maximum atomic E-state index is 12.4. The van der Waals surface area contributed by atoms with Crippen molar-refractivity contribution in [2.75, 3.05) is 25.2 Å². The number of carbonyl (C=O) groups excluding carboxylic acids is 2. The molecule has 3 rings (SSSR count). The van der Waals surface area contributed by atoms with Crippen LogP contribution in [0.4, 0.5) is 5.69 Å². The molecule has 2 aromatic rings. The first-order valence-corrected chi connectivity index (χ1v) is 9.11. The molecule has 1 atom stereocenters. The smallest absolute Gasteiger partial charge is 0.245 e. The van der Waals surface area contributed by atoms with Gasteiger partial charge in [-0.3, -0.25) is 9.59 Å². The van der Waals surface area contributed by atoms with Gasteiger partial charge in [-0.15, -0.1) is 0 Å². The summed E-state index contributed by atoms with van der Waals surface area (Å²) in [5.41, 5.74) is 4.08. The Bertz CT molecular complexity index is 864. The number of nitrogens with one attached hydrogen (secondary N) is 1. The molecule has 2 amide bonds. The Labute approximate surface area is 163 Å². The van der Waals surface area contributed by atoms with E-state index in [0.717, 1.165) is 17.0 Å². The number of carbonyl (C=O) groups is 2. The molecular formula is C21H23N3O4. The molecule has 0 spiro atoms. The number of nitrogens with zero attached hydrogens (tertiary/aromatic N) is 2. The molecular weight excluding hydrogens is 358 g/mol. The number of hydrogen-bond donors (Lipinski definition) is 1. The van der Waals surface area contributed by atoms with Crippen molar-refractivity contribution >= 4 is 23.7 Å². The van der Waals surface area contributed by atoms with E-state index in [9.17, 15) is 9.59 Å². The molecule has 146 valence electrons. The third-order valence-corrected chi connectivity index (χ3v) is 4.44. The summed E-state index contributed by atoms with van der Waals surface area (Å²) in [5.74, 6) is 0.658. The summed E-state index contributed by atoms with van der Waals surface area (Å²) in [6, 6.07) is 14.6. The van der Waals surface area contributed by atoms with Gasteiger partial charge in [-0.05, 0) is 48.9 Å².